The molecule has 0 saturated heterocycles. The molecule has 0 atom stereocenters. The van der Waals surface area contributed by atoms with Crippen molar-refractivity contribution in [3.63, 3.8) is 0 Å². The van der Waals surface area contributed by atoms with Crippen LogP contribution in [-0.2, 0) is 0 Å². The minimum atomic E-state index is 0.133. The Morgan fingerprint density at radius 1 is 0.929 bits per heavy atom. The predicted molar refractivity (Wildman–Crippen MR) is 112 cm³/mol. The number of hydrogen-bond donors (Lipinski definition) is 1. The van der Waals surface area contributed by atoms with Gasteiger partial charge in [0.1, 0.15) is 0 Å². The first-order chi connectivity index (χ1) is 13.7. The molecule has 0 fully saturated rings. The van der Waals surface area contributed by atoms with Crippen LogP contribution < -0.4 is 24.3 Å². The summed E-state index contributed by atoms with van der Waals surface area (Å²) >= 11 is 0.133. The van der Waals surface area contributed by atoms with Gasteiger partial charge in [-0.15, -0.1) is 0 Å². The van der Waals surface area contributed by atoms with E-state index in [4.69, 9.17) is 18.9 Å². The van der Waals surface area contributed by atoms with Crippen LogP contribution in [0, 0.1) is 0 Å². The molecule has 1 N–H and O–H groups in total. The maximum atomic E-state index is 5.69. The first-order valence-electron chi connectivity index (χ1n) is 8.85. The molecule has 28 heavy (non-hydrogen) atoms. The number of methoxy groups -OCH3 is 3. The standard InChI is InChI=1S/C21H24N2O4Se/c1-6-27-16-8-7-13(9-15(16)22-2)21-19(23-12-28-21)14-10-17(24-3)20(26-5)18(11-14)25-4/h7-12,22H,6H2,1-5H3. The number of rotatable bonds is 8. The van der Waals surface area contributed by atoms with Crippen LogP contribution >= 0.6 is 0 Å². The van der Waals surface area contributed by atoms with Crippen molar-refractivity contribution in [2.75, 3.05) is 40.3 Å². The van der Waals surface area contributed by atoms with E-state index in [2.05, 4.69) is 22.4 Å². The van der Waals surface area contributed by atoms with E-state index in [0.717, 1.165) is 28.3 Å². The van der Waals surface area contributed by atoms with Gasteiger partial charge in [0, 0.05) is 0 Å². The van der Waals surface area contributed by atoms with Crippen molar-refractivity contribution < 1.29 is 18.9 Å². The van der Waals surface area contributed by atoms with E-state index in [9.17, 15) is 0 Å². The summed E-state index contributed by atoms with van der Waals surface area (Å²) in [5, 5.41) is 5.19. The van der Waals surface area contributed by atoms with Gasteiger partial charge in [-0.3, -0.25) is 0 Å². The van der Waals surface area contributed by atoms with Crippen LogP contribution in [0.3, 0.4) is 0 Å². The van der Waals surface area contributed by atoms with Crippen LogP contribution in [0.4, 0.5) is 5.69 Å². The van der Waals surface area contributed by atoms with Crippen molar-refractivity contribution in [2.24, 2.45) is 0 Å². The molecule has 3 aromatic rings. The third-order valence-electron chi connectivity index (χ3n) is 4.32. The molecular weight excluding hydrogens is 423 g/mol. The van der Waals surface area contributed by atoms with Crippen molar-refractivity contribution in [2.45, 2.75) is 6.92 Å². The Bertz CT molecular complexity index is 930. The molecule has 7 heteroatoms. The molecule has 0 aliphatic heterocycles. The predicted octanol–water partition coefficient (Wildman–Crippen LogP) is 3.94. The van der Waals surface area contributed by atoms with E-state index in [-0.39, 0.29) is 14.5 Å². The summed E-state index contributed by atoms with van der Waals surface area (Å²) in [6.07, 6.45) is 0. The SMILES string of the molecule is CCOc1ccc(-c2[se]cnc2-c2cc(OC)c(OC)c(OC)c2)cc1NC. The Morgan fingerprint density at radius 2 is 1.64 bits per heavy atom. The minimum absolute atomic E-state index is 0.133. The summed E-state index contributed by atoms with van der Waals surface area (Å²) in [4.78, 5) is 4.66. The van der Waals surface area contributed by atoms with Crippen molar-refractivity contribution in [1.82, 2.24) is 4.98 Å². The molecule has 3 rings (SSSR count). The number of nitrogens with zero attached hydrogens (tertiary/aromatic N) is 1. The summed E-state index contributed by atoms with van der Waals surface area (Å²) < 4.78 is 23.3. The van der Waals surface area contributed by atoms with E-state index >= 15 is 0 Å². The molecule has 0 unspecified atom stereocenters. The van der Waals surface area contributed by atoms with Gasteiger partial charge < -0.3 is 0 Å². The van der Waals surface area contributed by atoms with E-state index in [1.807, 2.05) is 37.2 Å². The first kappa shape index (κ1) is 20.1. The second kappa shape index (κ2) is 9.04. The molecule has 148 valence electrons. The molecule has 0 amide bonds. The molecule has 6 nitrogen and oxygen atoms in total. The topological polar surface area (TPSA) is 61.8 Å². The number of aromatic nitrogens is 1. The monoisotopic (exact) mass is 448 g/mol. The zero-order chi connectivity index (χ0) is 20.1. The molecule has 0 bridgehead atoms. The molecular formula is C21H24N2O4Se. The third kappa shape index (κ3) is 3.81. The van der Waals surface area contributed by atoms with Gasteiger partial charge in [0.25, 0.3) is 0 Å². The van der Waals surface area contributed by atoms with E-state index < -0.39 is 0 Å². The number of ether oxygens (including phenoxy) is 4. The Labute approximate surface area is 171 Å². The third-order valence-corrected chi connectivity index (χ3v) is 6.15. The Balaban J connectivity index is 2.10. The van der Waals surface area contributed by atoms with Crippen LogP contribution in [0.2, 0.25) is 0 Å². The number of anilines is 1. The molecule has 0 spiro atoms. The van der Waals surface area contributed by atoms with Crippen LogP contribution in [-0.4, -0.2) is 54.5 Å². The van der Waals surface area contributed by atoms with Crippen LogP contribution in [0.1, 0.15) is 6.92 Å². The molecule has 1 heterocycles. The average molecular weight is 447 g/mol. The summed E-state index contributed by atoms with van der Waals surface area (Å²) in [6, 6.07) is 10.1. The average Bonchev–Trinajstić information content (AvgIpc) is 3.23. The van der Waals surface area contributed by atoms with Gasteiger partial charge in [-0.2, -0.15) is 0 Å². The van der Waals surface area contributed by atoms with E-state index in [0.29, 0.717) is 23.9 Å². The summed E-state index contributed by atoms with van der Waals surface area (Å²) in [5.74, 6) is 2.64. The number of nitrogens with one attached hydrogen (secondary N) is 1. The van der Waals surface area contributed by atoms with E-state index in [1.165, 1.54) is 4.44 Å². The van der Waals surface area contributed by atoms with Crippen LogP contribution in [0.5, 0.6) is 23.0 Å². The Morgan fingerprint density at radius 3 is 2.21 bits per heavy atom. The molecule has 0 saturated carbocycles. The molecule has 2 aromatic carbocycles. The van der Waals surface area contributed by atoms with Gasteiger partial charge in [0.05, 0.1) is 0 Å². The Hall–Kier alpha value is -2.63. The zero-order valence-corrected chi connectivity index (χ0v) is 18.4. The van der Waals surface area contributed by atoms with E-state index in [1.54, 1.807) is 21.3 Å². The van der Waals surface area contributed by atoms with Crippen molar-refractivity contribution in [1.29, 1.82) is 0 Å². The fraction of sp³-hybridized carbons (Fsp3) is 0.286. The van der Waals surface area contributed by atoms with Crippen LogP contribution in [0.25, 0.3) is 21.3 Å². The van der Waals surface area contributed by atoms with Crippen LogP contribution in [0.15, 0.2) is 35.4 Å². The van der Waals surface area contributed by atoms with Crippen molar-refractivity contribution in [3.05, 3.63) is 35.4 Å². The summed E-state index contributed by atoms with van der Waals surface area (Å²) in [5.41, 5.74) is 3.93. The number of benzene rings is 2. The molecule has 0 aliphatic rings. The van der Waals surface area contributed by atoms with Gasteiger partial charge in [0.15, 0.2) is 0 Å². The van der Waals surface area contributed by atoms with Gasteiger partial charge in [-0.25, -0.2) is 0 Å². The van der Waals surface area contributed by atoms with Gasteiger partial charge in [0.2, 0.25) is 0 Å². The Kier molecular flexibility index (Phi) is 6.49. The maximum absolute atomic E-state index is 5.69. The van der Waals surface area contributed by atoms with Gasteiger partial charge in [-0.1, -0.05) is 0 Å². The van der Waals surface area contributed by atoms with Gasteiger partial charge >= 0.3 is 171 Å². The fourth-order valence-electron chi connectivity index (χ4n) is 3.02. The van der Waals surface area contributed by atoms with Crippen molar-refractivity contribution in [3.8, 4) is 44.3 Å². The van der Waals surface area contributed by atoms with Gasteiger partial charge in [-0.05, 0) is 0 Å². The fourth-order valence-corrected chi connectivity index (χ4v) is 4.72. The second-order valence-electron chi connectivity index (χ2n) is 5.84. The second-order valence-corrected chi connectivity index (χ2v) is 7.63. The normalized spacial score (nSPS) is 10.5. The number of hydrogen-bond acceptors (Lipinski definition) is 6. The summed E-state index contributed by atoms with van der Waals surface area (Å²) in [7, 11) is 6.72. The van der Waals surface area contributed by atoms with Crippen molar-refractivity contribution >= 4 is 20.2 Å². The summed E-state index contributed by atoms with van der Waals surface area (Å²) in [6.45, 7) is 2.60. The quantitative estimate of drug-likeness (QED) is 0.528. The molecule has 0 aliphatic carbocycles. The zero-order valence-electron chi connectivity index (χ0n) is 16.7. The first-order valence-corrected chi connectivity index (χ1v) is 10.7. The molecule has 1 aromatic heterocycles. The molecule has 0 radical (unpaired) electrons.